The molecule has 2 nitrogen and oxygen atoms in total. The molecule has 0 unspecified atom stereocenters. The van der Waals surface area contributed by atoms with Gasteiger partial charge in [-0.05, 0) is 111 Å². The first kappa shape index (κ1) is 91.0. The molecule has 1 aliphatic rings. The van der Waals surface area contributed by atoms with E-state index in [-0.39, 0.29) is 16.5 Å². The van der Waals surface area contributed by atoms with Crippen molar-refractivity contribution < 1.29 is 21.2 Å². The summed E-state index contributed by atoms with van der Waals surface area (Å²) in [7, 11) is 0. The van der Waals surface area contributed by atoms with Crippen molar-refractivity contribution in [3.05, 3.63) is 101 Å². The van der Waals surface area contributed by atoms with Crippen molar-refractivity contribution in [2.24, 2.45) is 0 Å². The van der Waals surface area contributed by atoms with E-state index in [0.717, 1.165) is 69.2 Å². The van der Waals surface area contributed by atoms with Crippen LogP contribution in [0.4, 0.5) is 0 Å². The average Bonchev–Trinajstić information content (AvgIpc) is 1.65. The van der Waals surface area contributed by atoms with Crippen molar-refractivity contribution in [2.45, 2.75) is 466 Å². The first-order valence-corrected chi connectivity index (χ1v) is 42.2. The fourth-order valence-electron chi connectivity index (χ4n) is 13.9. The van der Waals surface area contributed by atoms with Crippen LogP contribution in [0.25, 0.3) is 16.9 Å². The minimum Gasteiger partial charge on any atom is -0.493 e. The normalized spacial score (nSPS) is 12.1. The molecule has 0 atom stereocenters. The largest absolute Gasteiger partial charge is 2.00 e. The summed E-state index contributed by atoms with van der Waals surface area (Å²) < 4.78 is 1.57. The van der Waals surface area contributed by atoms with Crippen LogP contribution >= 0.6 is 0 Å². The van der Waals surface area contributed by atoms with E-state index in [1.54, 1.807) is 4.70 Å². The molecule has 2 aromatic carbocycles. The van der Waals surface area contributed by atoms with E-state index in [1.165, 1.54) is 399 Å². The third-order valence-corrected chi connectivity index (χ3v) is 20.0. The number of unbranched alkanes of at least 4 members (excludes halogenated alkanes) is 53. The third-order valence-electron chi connectivity index (χ3n) is 20.0. The van der Waals surface area contributed by atoms with Crippen LogP contribution in [-0.2, 0) is 42.2 Å². The summed E-state index contributed by atoms with van der Waals surface area (Å²) in [5.41, 5.74) is 23.5. The van der Waals surface area contributed by atoms with Gasteiger partial charge in [0.25, 0.3) is 0 Å². The first-order chi connectivity index (χ1) is 45.4. The Labute approximate surface area is 595 Å². The molecule has 0 radical (unpaired) electrons. The third kappa shape index (κ3) is 53.6. The van der Waals surface area contributed by atoms with Crippen molar-refractivity contribution in [3.8, 4) is 0 Å². The molecule has 3 rings (SSSR count). The van der Waals surface area contributed by atoms with Gasteiger partial charge in [-0.3, -0.25) is 0 Å². The van der Waals surface area contributed by atoms with Crippen molar-refractivity contribution in [1.82, 2.24) is 0 Å². The van der Waals surface area contributed by atoms with Gasteiger partial charge in [0.15, 0.2) is 0 Å². The molecule has 0 aliphatic carbocycles. The SMILES string of the molecule is CCCCCCc1cc(CCCCCC)cc(C2=CC(CCCC)=C(c3cc(CCCCCC)cc(CCCCCC)c3)[N+]2=[N-])c1.[CH2-]CCCCCCCCCCCCCCCCCCCCCC.[CH2-]CCCCCCCCCCCCCCCCCCCCCC.[Ni+2]. The molecular formula is C90H162N2Ni. The average molecular weight is 1330 g/mol. The molecule has 0 spiro atoms. The van der Waals surface area contributed by atoms with E-state index in [9.17, 15) is 5.53 Å². The molecule has 0 fully saturated rings. The maximum atomic E-state index is 12.1. The van der Waals surface area contributed by atoms with E-state index in [4.69, 9.17) is 0 Å². The van der Waals surface area contributed by atoms with Gasteiger partial charge in [0, 0.05) is 22.8 Å². The minimum absolute atomic E-state index is 0. The molecule has 0 N–H and O–H groups in total. The van der Waals surface area contributed by atoms with Crippen molar-refractivity contribution in [1.29, 1.82) is 0 Å². The molecule has 0 saturated heterocycles. The Bertz CT molecular complexity index is 1810. The van der Waals surface area contributed by atoms with E-state index < -0.39 is 0 Å². The van der Waals surface area contributed by atoms with Gasteiger partial charge in [-0.1, -0.05) is 401 Å². The number of hydrogen-bond donors (Lipinski definition) is 0. The molecule has 3 heteroatoms. The van der Waals surface area contributed by atoms with Crippen molar-refractivity contribution in [2.75, 3.05) is 0 Å². The molecule has 542 valence electrons. The fraction of sp³-hybridized carbons (Fsp3) is 0.800. The number of rotatable bonds is 65. The van der Waals surface area contributed by atoms with E-state index in [2.05, 4.69) is 105 Å². The molecular weight excluding hydrogens is 1170 g/mol. The minimum atomic E-state index is 0. The summed E-state index contributed by atoms with van der Waals surface area (Å²) >= 11 is 0. The van der Waals surface area contributed by atoms with Crippen LogP contribution in [0.2, 0.25) is 0 Å². The maximum Gasteiger partial charge on any atom is 2.00 e. The molecule has 0 aromatic heterocycles. The summed E-state index contributed by atoms with van der Waals surface area (Å²) in [4.78, 5) is 0. The fourth-order valence-corrected chi connectivity index (χ4v) is 13.9. The number of aryl methyl sites for hydroxylation is 4. The molecule has 0 saturated carbocycles. The summed E-state index contributed by atoms with van der Waals surface area (Å²) in [5, 5.41) is 0. The number of benzene rings is 2. The Morgan fingerprint density at radius 2 is 0.452 bits per heavy atom. The predicted molar refractivity (Wildman–Crippen MR) is 418 cm³/mol. The van der Waals surface area contributed by atoms with Gasteiger partial charge in [-0.2, -0.15) is 12.8 Å². The second kappa shape index (κ2) is 71.3. The Kier molecular flexibility index (Phi) is 69.8. The van der Waals surface area contributed by atoms with E-state index in [1.807, 2.05) is 0 Å². The molecule has 2 aromatic rings. The topological polar surface area (TPSA) is 25.3 Å². The second-order valence-electron chi connectivity index (χ2n) is 29.3. The van der Waals surface area contributed by atoms with E-state index >= 15 is 0 Å². The summed E-state index contributed by atoms with van der Waals surface area (Å²) in [5.74, 6) is 0. The van der Waals surface area contributed by atoms with Gasteiger partial charge >= 0.3 is 16.5 Å². The standard InChI is InChI=1S/C44H68N2.2C23H47.Ni/c1-6-11-16-20-24-36-29-37(25-21-17-12-7-2)32-41(31-36)43-35-40(28-15-10-5)44(46(43)45)42-33-38(26-22-18-13-8-3)30-39(34-42)27-23-19-14-9-4;2*1-3-5-7-9-11-13-15-17-19-21-23-22-20-18-16-14-12-10-8-6-4-2;/h29-35H,6-28H2,1-5H3;2*1,3-23H2,2H3;/q;2*-1;+2. The van der Waals surface area contributed by atoms with Crippen LogP contribution < -0.4 is 0 Å². The Balaban J connectivity index is 0.00000152. The van der Waals surface area contributed by atoms with Crippen molar-refractivity contribution in [3.63, 3.8) is 0 Å². The number of nitrogens with zero attached hydrogens (tertiary/aromatic N) is 2. The smallest absolute Gasteiger partial charge is 0.493 e. The Hall–Kier alpha value is -1.99. The monoisotopic (exact) mass is 1330 g/mol. The summed E-state index contributed by atoms with van der Waals surface area (Å²) in [6, 6.07) is 14.5. The van der Waals surface area contributed by atoms with E-state index in [0.29, 0.717) is 0 Å². The molecule has 93 heavy (non-hydrogen) atoms. The summed E-state index contributed by atoms with van der Waals surface area (Å²) in [6.45, 7) is 23.8. The van der Waals surface area contributed by atoms with Crippen LogP contribution in [0.3, 0.4) is 0 Å². The summed E-state index contributed by atoms with van der Waals surface area (Å²) in [6.07, 6.45) is 91.2. The number of hydrogen-bond acceptors (Lipinski definition) is 0. The Morgan fingerprint density at radius 3 is 0.677 bits per heavy atom. The van der Waals surface area contributed by atoms with Gasteiger partial charge in [0.1, 0.15) is 0 Å². The zero-order valence-corrected chi connectivity index (χ0v) is 65.1. The zero-order valence-electron chi connectivity index (χ0n) is 64.1. The van der Waals surface area contributed by atoms with Crippen LogP contribution in [0, 0.1) is 13.8 Å². The Morgan fingerprint density at radius 1 is 0.247 bits per heavy atom. The van der Waals surface area contributed by atoms with Crippen LogP contribution in [-0.4, -0.2) is 4.70 Å². The number of allylic oxidation sites excluding steroid dienone is 2. The molecule has 1 aliphatic heterocycles. The van der Waals surface area contributed by atoms with Gasteiger partial charge in [-0.15, -0.1) is 0 Å². The molecule has 1 heterocycles. The van der Waals surface area contributed by atoms with Gasteiger partial charge in [-0.25, -0.2) is 4.70 Å². The quantitative estimate of drug-likeness (QED) is 0.0273. The van der Waals surface area contributed by atoms with Crippen LogP contribution in [0.1, 0.15) is 474 Å². The maximum absolute atomic E-state index is 12.1. The van der Waals surface area contributed by atoms with Crippen LogP contribution in [0.15, 0.2) is 48.0 Å². The molecule has 0 amide bonds. The van der Waals surface area contributed by atoms with Crippen LogP contribution in [0.5, 0.6) is 0 Å². The van der Waals surface area contributed by atoms with Gasteiger partial charge in [0.2, 0.25) is 11.4 Å². The van der Waals surface area contributed by atoms with Crippen molar-refractivity contribution >= 4 is 11.4 Å². The van der Waals surface area contributed by atoms with Gasteiger partial charge < -0.3 is 19.4 Å². The predicted octanol–water partition coefficient (Wildman–Crippen LogP) is 32.2. The zero-order chi connectivity index (χ0) is 66.7. The van der Waals surface area contributed by atoms with Gasteiger partial charge in [0.05, 0.1) is 0 Å². The molecule has 0 bridgehead atoms. The second-order valence-corrected chi connectivity index (χ2v) is 29.3. The first-order valence-electron chi connectivity index (χ1n) is 42.2.